The molecular weight excluding hydrogens is 428 g/mol. The number of ether oxygens (including phenoxy) is 3. The smallest absolute Gasteiger partial charge is 0.336 e. The van der Waals surface area contributed by atoms with E-state index in [2.05, 4.69) is 0 Å². The summed E-state index contributed by atoms with van der Waals surface area (Å²) in [6.07, 6.45) is 3.16. The Morgan fingerprint density at radius 2 is 1.55 bits per heavy atom. The average Bonchev–Trinajstić information content (AvgIpc) is 2.83. The van der Waals surface area contributed by atoms with Crippen molar-refractivity contribution in [2.24, 2.45) is 0 Å². The number of hydrogen-bond acceptors (Lipinski definition) is 8. The Morgan fingerprint density at radius 3 is 2.03 bits per heavy atom. The van der Waals surface area contributed by atoms with Crippen LogP contribution in [0.15, 0.2) is 66.0 Å². The molecule has 1 heterocycles. The van der Waals surface area contributed by atoms with Crippen molar-refractivity contribution in [3.8, 4) is 5.75 Å². The first-order chi connectivity index (χ1) is 15.8. The van der Waals surface area contributed by atoms with Crippen LogP contribution in [0.2, 0.25) is 0 Å². The summed E-state index contributed by atoms with van der Waals surface area (Å²) in [7, 11) is 4.05. The zero-order valence-electron chi connectivity index (χ0n) is 18.7. The third kappa shape index (κ3) is 5.03. The molecule has 0 spiro atoms. The summed E-state index contributed by atoms with van der Waals surface area (Å²) in [6, 6.07) is 12.0. The molecule has 0 atom stereocenters. The Bertz CT molecular complexity index is 1100. The van der Waals surface area contributed by atoms with Crippen LogP contribution >= 0.6 is 0 Å². The molecule has 0 saturated carbocycles. The van der Waals surface area contributed by atoms with Crippen LogP contribution in [0.25, 0.3) is 0 Å². The Labute approximate surface area is 191 Å². The van der Waals surface area contributed by atoms with Crippen molar-refractivity contribution in [2.45, 2.75) is 19.4 Å². The number of rotatable bonds is 7. The van der Waals surface area contributed by atoms with Crippen molar-refractivity contribution < 1.29 is 28.7 Å². The van der Waals surface area contributed by atoms with E-state index in [1.165, 1.54) is 20.3 Å². The summed E-state index contributed by atoms with van der Waals surface area (Å²) < 4.78 is 15.1. The lowest BCUT2D eigenvalue weighted by Gasteiger charge is -2.30. The van der Waals surface area contributed by atoms with Gasteiger partial charge in [-0.2, -0.15) is 0 Å². The van der Waals surface area contributed by atoms with Crippen molar-refractivity contribution in [1.29, 1.82) is 0 Å². The van der Waals surface area contributed by atoms with Crippen LogP contribution < -0.4 is 4.74 Å². The van der Waals surface area contributed by atoms with E-state index in [4.69, 9.17) is 14.2 Å². The monoisotopic (exact) mass is 452 g/mol. The second kappa shape index (κ2) is 9.99. The van der Waals surface area contributed by atoms with Crippen LogP contribution in [-0.4, -0.2) is 43.1 Å². The summed E-state index contributed by atoms with van der Waals surface area (Å²) in [6.45, 7) is 1.97. The minimum absolute atomic E-state index is 0.110. The van der Waals surface area contributed by atoms with Gasteiger partial charge in [-0.25, -0.2) is 9.59 Å². The number of aryl methyl sites for hydroxylation is 1. The highest BCUT2D eigenvalue weighted by Crippen LogP contribution is 2.39. The summed E-state index contributed by atoms with van der Waals surface area (Å²) in [5.41, 5.74) is 1.99. The number of nitrogens with zero attached hydrogens (tertiary/aromatic N) is 2. The van der Waals surface area contributed by atoms with Crippen LogP contribution in [-0.2, 0) is 25.6 Å². The second-order valence-corrected chi connectivity index (χ2v) is 7.41. The molecule has 0 aromatic heterocycles. The van der Waals surface area contributed by atoms with Gasteiger partial charge in [-0.05, 0) is 30.2 Å². The maximum atomic E-state index is 12.7. The van der Waals surface area contributed by atoms with E-state index in [-0.39, 0.29) is 16.8 Å². The number of esters is 2. The quantitative estimate of drug-likeness (QED) is 0.356. The molecule has 0 aliphatic carbocycles. The van der Waals surface area contributed by atoms with E-state index in [1.807, 2.05) is 24.3 Å². The standard InChI is InChI=1S/C24H24N2O7/c1-15-5-8-17(11-21(15)26(29)30)22-19(23(27)32-3)13-25(14-20(22)24(28)33-4)12-16-6-9-18(31-2)10-7-16/h5-11,13-14,22H,12H2,1-4H3. The Kier molecular flexibility index (Phi) is 7.12. The number of carbonyl (C=O) groups excluding carboxylic acids is 2. The SMILES string of the molecule is COC(=O)C1=CN(Cc2ccc(OC)cc2)C=C(C(=O)OC)C1c1ccc(C)c([N+](=O)[O-])c1. The Morgan fingerprint density at radius 1 is 0.970 bits per heavy atom. The highest BCUT2D eigenvalue weighted by Gasteiger charge is 2.36. The molecule has 0 amide bonds. The number of methoxy groups -OCH3 is 3. The normalized spacial score (nSPS) is 13.6. The molecule has 0 N–H and O–H groups in total. The Hall–Kier alpha value is -4.14. The van der Waals surface area contributed by atoms with Crippen LogP contribution in [0, 0.1) is 17.0 Å². The lowest BCUT2D eigenvalue weighted by atomic mass is 9.82. The molecule has 33 heavy (non-hydrogen) atoms. The fourth-order valence-corrected chi connectivity index (χ4v) is 3.68. The number of nitro groups is 1. The molecule has 0 fully saturated rings. The van der Waals surface area contributed by atoms with E-state index in [0.717, 1.165) is 5.56 Å². The molecule has 9 nitrogen and oxygen atoms in total. The van der Waals surface area contributed by atoms with Gasteiger partial charge < -0.3 is 19.1 Å². The predicted octanol–water partition coefficient (Wildman–Crippen LogP) is 3.63. The topological polar surface area (TPSA) is 108 Å². The molecule has 0 saturated heterocycles. The molecule has 3 rings (SSSR count). The van der Waals surface area contributed by atoms with Gasteiger partial charge in [-0.15, -0.1) is 0 Å². The number of hydrogen-bond donors (Lipinski definition) is 0. The van der Waals surface area contributed by atoms with Gasteiger partial charge in [-0.3, -0.25) is 10.1 Å². The lowest BCUT2D eigenvalue weighted by Crippen LogP contribution is -2.28. The van der Waals surface area contributed by atoms with Gasteiger partial charge in [0, 0.05) is 30.6 Å². The molecule has 0 bridgehead atoms. The van der Waals surface area contributed by atoms with E-state index < -0.39 is 22.8 Å². The molecular formula is C24H24N2O7. The maximum Gasteiger partial charge on any atom is 0.336 e. The zero-order valence-corrected chi connectivity index (χ0v) is 18.7. The first kappa shape index (κ1) is 23.5. The maximum absolute atomic E-state index is 12.7. The van der Waals surface area contributed by atoms with Gasteiger partial charge in [0.25, 0.3) is 5.69 Å². The van der Waals surface area contributed by atoms with Crippen LogP contribution in [0.5, 0.6) is 5.75 Å². The van der Waals surface area contributed by atoms with E-state index in [9.17, 15) is 19.7 Å². The largest absolute Gasteiger partial charge is 0.497 e. The van der Waals surface area contributed by atoms with Crippen LogP contribution in [0.3, 0.4) is 0 Å². The van der Waals surface area contributed by atoms with Gasteiger partial charge in [0.05, 0.1) is 43.3 Å². The lowest BCUT2D eigenvalue weighted by molar-refractivity contribution is -0.385. The minimum Gasteiger partial charge on any atom is -0.497 e. The van der Waals surface area contributed by atoms with Crippen molar-refractivity contribution in [3.63, 3.8) is 0 Å². The molecule has 0 radical (unpaired) electrons. The summed E-state index contributed by atoms with van der Waals surface area (Å²) in [4.78, 5) is 38.1. The predicted molar refractivity (Wildman–Crippen MR) is 119 cm³/mol. The summed E-state index contributed by atoms with van der Waals surface area (Å²) in [5, 5.41) is 11.5. The molecule has 9 heteroatoms. The average molecular weight is 452 g/mol. The second-order valence-electron chi connectivity index (χ2n) is 7.41. The first-order valence-electron chi connectivity index (χ1n) is 10.0. The third-order valence-electron chi connectivity index (χ3n) is 5.36. The van der Waals surface area contributed by atoms with Gasteiger partial charge in [0.15, 0.2) is 0 Å². The van der Waals surface area contributed by atoms with Crippen molar-refractivity contribution in [1.82, 2.24) is 4.90 Å². The van der Waals surface area contributed by atoms with Gasteiger partial charge in [0.1, 0.15) is 5.75 Å². The van der Waals surface area contributed by atoms with Crippen LogP contribution in [0.4, 0.5) is 5.69 Å². The number of carbonyl (C=O) groups is 2. The van der Waals surface area contributed by atoms with E-state index >= 15 is 0 Å². The highest BCUT2D eigenvalue weighted by atomic mass is 16.6. The van der Waals surface area contributed by atoms with Gasteiger partial charge >= 0.3 is 11.9 Å². The van der Waals surface area contributed by atoms with Gasteiger partial charge in [0.2, 0.25) is 0 Å². The van der Waals surface area contributed by atoms with E-state index in [1.54, 1.807) is 43.5 Å². The van der Waals surface area contributed by atoms with E-state index in [0.29, 0.717) is 23.4 Å². The number of benzene rings is 2. The number of nitro benzene ring substituents is 1. The summed E-state index contributed by atoms with van der Waals surface area (Å²) in [5.74, 6) is -1.50. The third-order valence-corrected chi connectivity index (χ3v) is 5.36. The molecule has 2 aromatic rings. The van der Waals surface area contributed by atoms with Gasteiger partial charge in [-0.1, -0.05) is 24.3 Å². The van der Waals surface area contributed by atoms with Crippen molar-refractivity contribution in [3.05, 3.63) is 92.8 Å². The molecule has 1 aliphatic heterocycles. The molecule has 2 aromatic carbocycles. The highest BCUT2D eigenvalue weighted by molar-refractivity contribution is 5.98. The molecule has 1 aliphatic rings. The molecule has 0 unspecified atom stereocenters. The fourth-order valence-electron chi connectivity index (χ4n) is 3.68. The summed E-state index contributed by atoms with van der Waals surface area (Å²) >= 11 is 0. The van der Waals surface area contributed by atoms with Crippen molar-refractivity contribution in [2.75, 3.05) is 21.3 Å². The zero-order chi connectivity index (χ0) is 24.1. The first-order valence-corrected chi connectivity index (χ1v) is 10.0. The fraction of sp³-hybridized carbons (Fsp3) is 0.250. The van der Waals surface area contributed by atoms with Crippen LogP contribution in [0.1, 0.15) is 22.6 Å². The van der Waals surface area contributed by atoms with Crippen molar-refractivity contribution >= 4 is 17.6 Å². The Balaban J connectivity index is 2.09. The minimum atomic E-state index is -0.892. The molecule has 172 valence electrons.